The zero-order valence-electron chi connectivity index (χ0n) is 45.3. The van der Waals surface area contributed by atoms with Gasteiger partial charge in [0.2, 0.25) is 11.7 Å². The van der Waals surface area contributed by atoms with Crippen LogP contribution in [0.15, 0.2) is 151 Å². The standard InChI is InChI=1S/C65H78FN3O9/c1-3-5-6-7-8-9-10-11-15-24-62(72)68(45-47-25-31-52(66)32-26-47)61-44-59(67-76-46-48-27-33-53(34-28-48)69(73)74)57-42-51(22-16-18-39-70)56(23-17-19-40-71)63-58-43-55(37-38-60(58)78-65(61,64(57)63)75-41-4-2)77-54-35-29-50(30-36-54)49-20-13-12-14-21-49/h4,12-14,20-21,25-38,42-43,51,56,61,63-64,70-71H,2-3,5-11,15-19,22-24,39-41,44-46H2,1H3. The average Bonchev–Trinajstić information content (AvgIpc) is 3.58. The second kappa shape index (κ2) is 28.8. The van der Waals surface area contributed by atoms with Crippen LogP contribution in [0.4, 0.5) is 10.1 Å². The van der Waals surface area contributed by atoms with Crippen LogP contribution in [-0.2, 0) is 27.5 Å². The number of non-ortho nitro benzene ring substituents is 1. The molecule has 0 saturated heterocycles. The number of ether oxygens (including phenoxy) is 3. The highest BCUT2D eigenvalue weighted by Crippen LogP contribution is 2.62. The number of unbranched alkanes of at least 4 members (excludes halogenated alkanes) is 10. The minimum atomic E-state index is -1.51. The molecule has 414 valence electrons. The lowest BCUT2D eigenvalue weighted by Gasteiger charge is -2.60. The molecule has 0 spiro atoms. The van der Waals surface area contributed by atoms with Crippen molar-refractivity contribution in [2.24, 2.45) is 22.9 Å². The summed E-state index contributed by atoms with van der Waals surface area (Å²) in [6, 6.07) is 35.8. The summed E-state index contributed by atoms with van der Waals surface area (Å²) in [6.07, 6.45) is 18.6. The molecule has 0 radical (unpaired) electrons. The molecule has 5 aromatic carbocycles. The van der Waals surface area contributed by atoms with Crippen LogP contribution in [0.5, 0.6) is 17.2 Å². The summed E-state index contributed by atoms with van der Waals surface area (Å²) in [7, 11) is 0. The van der Waals surface area contributed by atoms with Gasteiger partial charge in [0.05, 0.1) is 23.2 Å². The van der Waals surface area contributed by atoms with Crippen molar-refractivity contribution in [3.63, 3.8) is 0 Å². The lowest BCUT2D eigenvalue weighted by atomic mass is 9.55. The van der Waals surface area contributed by atoms with Crippen molar-refractivity contribution < 1.29 is 43.4 Å². The first-order valence-corrected chi connectivity index (χ1v) is 28.5. The van der Waals surface area contributed by atoms with Gasteiger partial charge >= 0.3 is 0 Å². The largest absolute Gasteiger partial charge is 0.459 e. The third kappa shape index (κ3) is 14.5. The number of nitro benzene ring substituents is 1. The molecule has 1 heterocycles. The number of carbonyl (C=O) groups is 1. The molecule has 3 aliphatic rings. The molecule has 1 amide bonds. The molecule has 2 N–H and O–H groups in total. The zero-order chi connectivity index (χ0) is 54.7. The normalized spacial score (nSPS) is 20.7. The van der Waals surface area contributed by atoms with Gasteiger partial charge in [-0.25, -0.2) is 4.39 Å². The number of carbonyl (C=O) groups excluding carboxylic acids is 1. The quantitative estimate of drug-likeness (QED) is 0.0191. The number of amides is 1. The number of oxime groups is 1. The smallest absolute Gasteiger partial charge is 0.269 e. The number of halogens is 1. The van der Waals surface area contributed by atoms with E-state index >= 15 is 4.79 Å². The number of nitro groups is 1. The molecular formula is C65H78FN3O9. The Morgan fingerprint density at radius 1 is 0.808 bits per heavy atom. The van der Waals surface area contributed by atoms with Gasteiger partial charge in [-0.1, -0.05) is 143 Å². The van der Waals surface area contributed by atoms with Gasteiger partial charge in [0.25, 0.3) is 5.69 Å². The van der Waals surface area contributed by atoms with Crippen LogP contribution in [-0.4, -0.2) is 63.3 Å². The number of nitrogens with zero attached hydrogens (tertiary/aromatic N) is 3. The zero-order valence-corrected chi connectivity index (χ0v) is 45.3. The molecule has 1 aliphatic heterocycles. The van der Waals surface area contributed by atoms with Gasteiger partial charge in [-0.15, -0.1) is 6.58 Å². The van der Waals surface area contributed by atoms with Crippen LogP contribution in [0.25, 0.3) is 11.1 Å². The Kier molecular flexibility index (Phi) is 21.2. The van der Waals surface area contributed by atoms with Crippen LogP contribution in [0.1, 0.15) is 139 Å². The summed E-state index contributed by atoms with van der Waals surface area (Å²) in [5.74, 6) is -1.00. The summed E-state index contributed by atoms with van der Waals surface area (Å²) in [5, 5.41) is 36.8. The molecule has 12 nitrogen and oxygen atoms in total. The first-order valence-electron chi connectivity index (χ1n) is 28.5. The SMILES string of the molecule is C=CCOC12Oc3ccc(Oc4ccc(-c5ccccc5)cc4)cc3C3C(CCCCO)C(CCCCO)C=C(C(=NOCc4ccc([N+](=O)[O-])cc4)CC1N(Cc1ccc(F)cc1)C(=O)CCCCCCCCCCC)C32. The van der Waals surface area contributed by atoms with Crippen LogP contribution in [0.3, 0.4) is 0 Å². The maximum atomic E-state index is 15.4. The van der Waals surface area contributed by atoms with Crippen molar-refractivity contribution >= 4 is 17.3 Å². The maximum Gasteiger partial charge on any atom is 0.269 e. The van der Waals surface area contributed by atoms with Gasteiger partial charge < -0.3 is 34.2 Å². The van der Waals surface area contributed by atoms with E-state index in [4.69, 9.17) is 24.2 Å². The Hall–Kier alpha value is -6.67. The lowest BCUT2D eigenvalue weighted by Crippen LogP contribution is -2.70. The molecule has 6 unspecified atom stereocenters. The third-order valence-corrected chi connectivity index (χ3v) is 15.9. The van der Waals surface area contributed by atoms with Crippen molar-refractivity contribution in [1.29, 1.82) is 0 Å². The molecule has 5 aromatic rings. The van der Waals surface area contributed by atoms with E-state index in [-0.39, 0.29) is 81.0 Å². The van der Waals surface area contributed by atoms with Gasteiger partial charge in [-0.05, 0) is 126 Å². The van der Waals surface area contributed by atoms with Crippen molar-refractivity contribution in [3.8, 4) is 28.4 Å². The molecule has 6 atom stereocenters. The number of hydrogen-bond donors (Lipinski definition) is 2. The van der Waals surface area contributed by atoms with Crippen molar-refractivity contribution in [2.45, 2.75) is 147 Å². The number of aliphatic hydroxyl groups excluding tert-OH is 2. The lowest BCUT2D eigenvalue weighted by molar-refractivity contribution is -0.384. The minimum Gasteiger partial charge on any atom is -0.459 e. The fraction of sp³-hybridized carbons (Fsp3) is 0.446. The van der Waals surface area contributed by atoms with Crippen LogP contribution in [0, 0.1) is 33.7 Å². The highest BCUT2D eigenvalue weighted by atomic mass is 19.1. The predicted octanol–water partition coefficient (Wildman–Crippen LogP) is 15.0. The number of hydrogen-bond acceptors (Lipinski definition) is 10. The number of fused-ring (bicyclic) bond motifs is 2. The van der Waals surface area contributed by atoms with Gasteiger partial charge in [0.1, 0.15) is 35.7 Å². The predicted molar refractivity (Wildman–Crippen MR) is 304 cm³/mol. The Balaban J connectivity index is 1.26. The van der Waals surface area contributed by atoms with E-state index in [1.165, 1.54) is 56.4 Å². The van der Waals surface area contributed by atoms with Crippen molar-refractivity contribution in [2.75, 3.05) is 19.8 Å². The topological polar surface area (TPSA) is 153 Å². The van der Waals surface area contributed by atoms with Gasteiger partial charge in [-0.3, -0.25) is 14.9 Å². The molecule has 13 heteroatoms. The van der Waals surface area contributed by atoms with E-state index < -0.39 is 22.7 Å². The number of benzene rings is 5. The summed E-state index contributed by atoms with van der Waals surface area (Å²) in [6.45, 7) is 6.70. The fourth-order valence-electron chi connectivity index (χ4n) is 12.0. The molecular weight excluding hydrogens is 986 g/mol. The van der Waals surface area contributed by atoms with E-state index in [1.54, 1.807) is 30.3 Å². The Morgan fingerprint density at radius 3 is 2.14 bits per heavy atom. The summed E-state index contributed by atoms with van der Waals surface area (Å²) < 4.78 is 36.1. The Labute approximate surface area is 460 Å². The Bertz CT molecular complexity index is 2770. The molecule has 0 bridgehead atoms. The highest BCUT2D eigenvalue weighted by Gasteiger charge is 2.65. The van der Waals surface area contributed by atoms with Crippen LogP contribution < -0.4 is 9.47 Å². The minimum absolute atomic E-state index is 0.00956. The number of allylic oxidation sites excluding steroid dienone is 1. The molecule has 1 fully saturated rings. The third-order valence-electron chi connectivity index (χ3n) is 15.9. The van der Waals surface area contributed by atoms with E-state index in [2.05, 4.69) is 37.8 Å². The Morgan fingerprint density at radius 2 is 1.46 bits per heavy atom. The van der Waals surface area contributed by atoms with E-state index in [1.807, 2.05) is 59.5 Å². The second-order valence-electron chi connectivity index (χ2n) is 21.2. The fourth-order valence-corrected chi connectivity index (χ4v) is 12.0. The van der Waals surface area contributed by atoms with Crippen LogP contribution >= 0.6 is 0 Å². The van der Waals surface area contributed by atoms with E-state index in [9.17, 15) is 24.7 Å². The first-order chi connectivity index (χ1) is 38.2. The van der Waals surface area contributed by atoms with Crippen LogP contribution in [0.2, 0.25) is 0 Å². The monoisotopic (exact) mass is 1060 g/mol. The van der Waals surface area contributed by atoms with Crippen molar-refractivity contribution in [1.82, 2.24) is 4.90 Å². The molecule has 1 saturated carbocycles. The first kappa shape index (κ1) is 57.5. The summed E-state index contributed by atoms with van der Waals surface area (Å²) in [5.41, 5.74) is 5.98. The number of aliphatic hydroxyl groups is 2. The van der Waals surface area contributed by atoms with Gasteiger partial charge in [-0.2, -0.15) is 0 Å². The van der Waals surface area contributed by atoms with Crippen molar-refractivity contribution in [3.05, 3.63) is 178 Å². The molecule has 78 heavy (non-hydrogen) atoms. The number of rotatable bonds is 31. The highest BCUT2D eigenvalue weighted by molar-refractivity contribution is 6.03. The molecule has 0 aromatic heterocycles. The van der Waals surface area contributed by atoms with Gasteiger partial charge in [0, 0.05) is 56.2 Å². The maximum absolute atomic E-state index is 15.4. The molecule has 2 aliphatic carbocycles. The van der Waals surface area contributed by atoms with Gasteiger partial charge in [0.15, 0.2) is 0 Å². The van der Waals surface area contributed by atoms with E-state index in [0.29, 0.717) is 47.8 Å². The second-order valence-corrected chi connectivity index (χ2v) is 21.2. The average molecular weight is 1060 g/mol. The summed E-state index contributed by atoms with van der Waals surface area (Å²) in [4.78, 5) is 34.6. The molecule has 8 rings (SSSR count). The summed E-state index contributed by atoms with van der Waals surface area (Å²) >= 11 is 0. The van der Waals surface area contributed by atoms with E-state index in [0.717, 1.165) is 72.8 Å².